The molecule has 7 nitrogen and oxygen atoms in total. The molecule has 1 aromatic rings. The molecule has 19 heavy (non-hydrogen) atoms. The first-order valence-corrected chi connectivity index (χ1v) is 6.96. The van der Waals surface area contributed by atoms with E-state index in [1.165, 1.54) is 25.3 Å². The number of nitrogen functional groups attached to an aromatic ring is 1. The van der Waals surface area contributed by atoms with Crippen LogP contribution in [0.25, 0.3) is 0 Å². The van der Waals surface area contributed by atoms with Crippen LogP contribution >= 0.6 is 0 Å². The number of nitrogens with zero attached hydrogens (tertiary/aromatic N) is 1. The van der Waals surface area contributed by atoms with E-state index in [1.807, 2.05) is 0 Å². The predicted molar refractivity (Wildman–Crippen MR) is 67.0 cm³/mol. The van der Waals surface area contributed by atoms with Gasteiger partial charge in [-0.1, -0.05) is 0 Å². The third-order valence-corrected chi connectivity index (χ3v) is 4.78. The average molecular weight is 286 g/mol. The van der Waals surface area contributed by atoms with Gasteiger partial charge in [0.2, 0.25) is 10.0 Å². The van der Waals surface area contributed by atoms with Gasteiger partial charge < -0.3 is 15.6 Å². The molecule has 0 aliphatic carbocycles. The highest BCUT2D eigenvalue weighted by atomic mass is 32.2. The van der Waals surface area contributed by atoms with Gasteiger partial charge in [-0.15, -0.1) is 0 Å². The minimum atomic E-state index is -3.72. The van der Waals surface area contributed by atoms with Gasteiger partial charge in [-0.3, -0.25) is 0 Å². The summed E-state index contributed by atoms with van der Waals surface area (Å²) >= 11 is 0. The highest BCUT2D eigenvalue weighted by molar-refractivity contribution is 7.89. The lowest BCUT2D eigenvalue weighted by Crippen LogP contribution is -2.53. The number of hydrogen-bond acceptors (Lipinski definition) is 6. The number of sulfonamides is 1. The van der Waals surface area contributed by atoms with Gasteiger partial charge in [0.1, 0.15) is 4.90 Å². The Kier molecular flexibility index (Phi) is 3.48. The van der Waals surface area contributed by atoms with Crippen LogP contribution in [0.2, 0.25) is 0 Å². The summed E-state index contributed by atoms with van der Waals surface area (Å²) < 4.78 is 29.9. The standard InChI is InChI=1S/C11H14N2O5S/c1-18-11(15)7-2-3-10(9(12)4-7)19(16,17)13-5-8(14)6-13/h2-4,8,14H,5-6,12H2,1H3. The summed E-state index contributed by atoms with van der Waals surface area (Å²) in [6.07, 6.45) is -0.634. The van der Waals surface area contributed by atoms with Crippen LogP contribution in [0.1, 0.15) is 10.4 Å². The fourth-order valence-corrected chi connectivity index (χ4v) is 3.39. The Bertz CT molecular complexity index is 608. The molecule has 0 atom stereocenters. The van der Waals surface area contributed by atoms with Crippen molar-refractivity contribution >= 4 is 21.7 Å². The molecule has 1 aliphatic rings. The van der Waals surface area contributed by atoms with Gasteiger partial charge in [0.15, 0.2) is 0 Å². The van der Waals surface area contributed by atoms with Crippen LogP contribution in [0.4, 0.5) is 5.69 Å². The molecule has 1 fully saturated rings. The number of carbonyl (C=O) groups excluding carboxylic acids is 1. The number of ether oxygens (including phenoxy) is 1. The number of anilines is 1. The highest BCUT2D eigenvalue weighted by Crippen LogP contribution is 2.26. The van der Waals surface area contributed by atoms with Gasteiger partial charge >= 0.3 is 5.97 Å². The molecule has 0 amide bonds. The topological polar surface area (TPSA) is 110 Å². The molecule has 104 valence electrons. The summed E-state index contributed by atoms with van der Waals surface area (Å²) in [6, 6.07) is 3.86. The van der Waals surface area contributed by atoms with Gasteiger partial charge in [-0.2, -0.15) is 4.31 Å². The average Bonchev–Trinajstić information content (AvgIpc) is 2.33. The Morgan fingerprint density at radius 2 is 2.11 bits per heavy atom. The lowest BCUT2D eigenvalue weighted by molar-refractivity contribution is 0.0548. The van der Waals surface area contributed by atoms with E-state index in [9.17, 15) is 13.2 Å². The van der Waals surface area contributed by atoms with Crippen molar-refractivity contribution in [2.45, 2.75) is 11.0 Å². The largest absolute Gasteiger partial charge is 0.465 e. The van der Waals surface area contributed by atoms with E-state index >= 15 is 0 Å². The maximum atomic E-state index is 12.2. The predicted octanol–water partition coefficient (Wildman–Crippen LogP) is -0.579. The molecule has 0 bridgehead atoms. The maximum absolute atomic E-state index is 12.2. The van der Waals surface area contributed by atoms with Crippen LogP contribution in [0, 0.1) is 0 Å². The summed E-state index contributed by atoms with van der Waals surface area (Å²) in [5.74, 6) is -0.588. The summed E-state index contributed by atoms with van der Waals surface area (Å²) in [6.45, 7) is 0.112. The third kappa shape index (κ3) is 2.42. The number of aliphatic hydroxyl groups is 1. The SMILES string of the molecule is COC(=O)c1ccc(S(=O)(=O)N2CC(O)C2)c(N)c1. The van der Waals surface area contributed by atoms with Crippen molar-refractivity contribution in [3.8, 4) is 0 Å². The Morgan fingerprint density at radius 1 is 1.47 bits per heavy atom. The molecule has 3 N–H and O–H groups in total. The summed E-state index contributed by atoms with van der Waals surface area (Å²) in [4.78, 5) is 11.2. The van der Waals surface area contributed by atoms with Crippen LogP contribution in [0.5, 0.6) is 0 Å². The van der Waals surface area contributed by atoms with Gasteiger partial charge in [-0.05, 0) is 18.2 Å². The lowest BCUT2D eigenvalue weighted by atomic mass is 10.2. The Balaban J connectivity index is 2.33. The maximum Gasteiger partial charge on any atom is 0.337 e. The number of β-amino-alcohol motifs (C(OH)–C–C–N with tert-alkyl or cyclic N) is 1. The molecule has 0 aromatic heterocycles. The molecule has 8 heteroatoms. The number of esters is 1. The monoisotopic (exact) mass is 286 g/mol. The molecular formula is C11H14N2O5S. The first-order valence-electron chi connectivity index (χ1n) is 5.52. The van der Waals surface area contributed by atoms with E-state index < -0.39 is 22.1 Å². The summed E-state index contributed by atoms with van der Waals surface area (Å²) in [5.41, 5.74) is 5.83. The summed E-state index contributed by atoms with van der Waals surface area (Å²) in [7, 11) is -2.49. The number of aliphatic hydroxyl groups excluding tert-OH is 1. The molecule has 0 unspecified atom stereocenters. The van der Waals surface area contributed by atoms with Gasteiger partial charge in [0, 0.05) is 13.1 Å². The van der Waals surface area contributed by atoms with Crippen LogP contribution in [-0.2, 0) is 14.8 Å². The van der Waals surface area contributed by atoms with E-state index in [-0.39, 0.29) is 29.2 Å². The normalized spacial score (nSPS) is 16.9. The summed E-state index contributed by atoms with van der Waals surface area (Å²) in [5, 5.41) is 9.15. The second-order valence-electron chi connectivity index (χ2n) is 4.22. The van der Waals surface area contributed by atoms with Crippen molar-refractivity contribution in [2.75, 3.05) is 25.9 Å². The minimum Gasteiger partial charge on any atom is -0.465 e. The second kappa shape index (κ2) is 4.80. The third-order valence-electron chi connectivity index (χ3n) is 2.88. The van der Waals surface area contributed by atoms with Crippen molar-refractivity contribution in [2.24, 2.45) is 0 Å². The zero-order valence-corrected chi connectivity index (χ0v) is 11.1. The van der Waals surface area contributed by atoms with Crippen LogP contribution in [0.3, 0.4) is 0 Å². The quantitative estimate of drug-likeness (QED) is 0.568. The Labute approximate surface area is 110 Å². The fourth-order valence-electron chi connectivity index (χ4n) is 1.78. The number of nitrogens with two attached hydrogens (primary N) is 1. The van der Waals surface area contributed by atoms with E-state index in [0.29, 0.717) is 0 Å². The molecule has 0 radical (unpaired) electrons. The lowest BCUT2D eigenvalue weighted by Gasteiger charge is -2.34. The van der Waals surface area contributed by atoms with Crippen LogP contribution in [0.15, 0.2) is 23.1 Å². The van der Waals surface area contributed by atoms with Crippen LogP contribution < -0.4 is 5.73 Å². The molecule has 1 heterocycles. The molecular weight excluding hydrogens is 272 g/mol. The van der Waals surface area contributed by atoms with E-state index in [2.05, 4.69) is 4.74 Å². The van der Waals surface area contributed by atoms with Crippen molar-refractivity contribution in [3.05, 3.63) is 23.8 Å². The number of benzene rings is 1. The van der Waals surface area contributed by atoms with Crippen LogP contribution in [-0.4, -0.2) is 50.1 Å². The number of hydrogen-bond donors (Lipinski definition) is 2. The zero-order valence-electron chi connectivity index (χ0n) is 10.2. The number of rotatable bonds is 3. The van der Waals surface area contributed by atoms with Crippen molar-refractivity contribution < 1.29 is 23.1 Å². The van der Waals surface area contributed by atoms with Gasteiger partial charge in [0.25, 0.3) is 0 Å². The Hall–Kier alpha value is -1.64. The molecule has 1 aromatic carbocycles. The molecule has 0 saturated carbocycles. The molecule has 2 rings (SSSR count). The van der Waals surface area contributed by atoms with Crippen molar-refractivity contribution in [1.82, 2.24) is 4.31 Å². The molecule has 0 spiro atoms. The highest BCUT2D eigenvalue weighted by Gasteiger charge is 2.36. The molecule has 1 saturated heterocycles. The second-order valence-corrected chi connectivity index (χ2v) is 6.13. The smallest absolute Gasteiger partial charge is 0.337 e. The first-order chi connectivity index (χ1) is 8.86. The number of carbonyl (C=O) groups is 1. The molecule has 1 aliphatic heterocycles. The minimum absolute atomic E-state index is 0.0238. The Morgan fingerprint density at radius 3 is 2.58 bits per heavy atom. The van der Waals surface area contributed by atoms with E-state index in [4.69, 9.17) is 10.8 Å². The van der Waals surface area contributed by atoms with Gasteiger partial charge in [0.05, 0.1) is 24.5 Å². The number of methoxy groups -OCH3 is 1. The van der Waals surface area contributed by atoms with Crippen molar-refractivity contribution in [1.29, 1.82) is 0 Å². The van der Waals surface area contributed by atoms with E-state index in [0.717, 1.165) is 4.31 Å². The van der Waals surface area contributed by atoms with Crippen molar-refractivity contribution in [3.63, 3.8) is 0 Å². The first kappa shape index (κ1) is 13.8. The van der Waals surface area contributed by atoms with E-state index in [1.54, 1.807) is 0 Å². The fraction of sp³-hybridized carbons (Fsp3) is 0.364. The zero-order chi connectivity index (χ0) is 14.2. The van der Waals surface area contributed by atoms with Gasteiger partial charge in [-0.25, -0.2) is 13.2 Å².